The van der Waals surface area contributed by atoms with Crippen molar-refractivity contribution in [2.24, 2.45) is 0 Å². The summed E-state index contributed by atoms with van der Waals surface area (Å²) in [6.45, 7) is 0. The molecule has 5 heteroatoms. The molecule has 0 aliphatic carbocycles. The van der Waals surface area contributed by atoms with Crippen LogP contribution in [-0.4, -0.2) is 11.8 Å². The van der Waals surface area contributed by atoms with E-state index in [-0.39, 0.29) is 22.6 Å². The van der Waals surface area contributed by atoms with Crippen molar-refractivity contribution >= 4 is 22.7 Å². The van der Waals surface area contributed by atoms with Crippen LogP contribution in [0.2, 0.25) is 0 Å². The van der Waals surface area contributed by atoms with Gasteiger partial charge in [-0.15, -0.1) is 0 Å². The molecule has 0 unspecified atom stereocenters. The van der Waals surface area contributed by atoms with Crippen LogP contribution >= 0.6 is 0 Å². The number of benzene rings is 3. The minimum atomic E-state index is -1.16. The molecule has 5 nitrogen and oxygen atoms in total. The van der Waals surface area contributed by atoms with Crippen molar-refractivity contribution in [1.29, 1.82) is 0 Å². The molecule has 1 aromatic heterocycles. The van der Waals surface area contributed by atoms with Gasteiger partial charge in [0.15, 0.2) is 11.5 Å². The van der Waals surface area contributed by atoms with Gasteiger partial charge in [-0.3, -0.25) is 9.59 Å². The maximum Gasteiger partial charge on any atom is 0.375 e. The van der Waals surface area contributed by atoms with Crippen molar-refractivity contribution in [2.45, 2.75) is 6.10 Å². The first kappa shape index (κ1) is 18.4. The second kappa shape index (κ2) is 7.94. The zero-order valence-corrected chi connectivity index (χ0v) is 15.3. The topological polar surface area (TPSA) is 73.6 Å². The Morgan fingerprint density at radius 3 is 2.14 bits per heavy atom. The van der Waals surface area contributed by atoms with E-state index in [0.717, 1.165) is 6.07 Å². The molecule has 0 radical (unpaired) electrons. The maximum atomic E-state index is 13.0. The fourth-order valence-electron chi connectivity index (χ4n) is 3.02. The first-order chi connectivity index (χ1) is 14.1. The van der Waals surface area contributed by atoms with Crippen molar-refractivity contribution < 1.29 is 18.7 Å². The fourth-order valence-corrected chi connectivity index (χ4v) is 3.02. The predicted octanol–water partition coefficient (Wildman–Crippen LogP) is 4.57. The van der Waals surface area contributed by atoms with Crippen LogP contribution in [-0.2, 0) is 4.74 Å². The highest BCUT2D eigenvalue weighted by Crippen LogP contribution is 2.24. The molecule has 142 valence electrons. The molecule has 0 aliphatic heterocycles. The third-order valence-electron chi connectivity index (χ3n) is 4.46. The third-order valence-corrected chi connectivity index (χ3v) is 4.46. The lowest BCUT2D eigenvalue weighted by Gasteiger charge is -2.17. The number of hydrogen-bond acceptors (Lipinski definition) is 5. The fraction of sp³-hybridized carbons (Fsp3) is 0.0417. The number of carbonyl (C=O) groups is 2. The Bertz CT molecular complexity index is 1230. The van der Waals surface area contributed by atoms with Crippen LogP contribution in [0.15, 0.2) is 100 Å². The number of hydrogen-bond donors (Lipinski definition) is 0. The Kier molecular flexibility index (Phi) is 5.03. The first-order valence-corrected chi connectivity index (χ1v) is 9.01. The van der Waals surface area contributed by atoms with Gasteiger partial charge in [0.25, 0.3) is 0 Å². The minimum absolute atomic E-state index is 0.254. The summed E-state index contributed by atoms with van der Waals surface area (Å²) in [7, 11) is 0. The molecule has 0 aliphatic rings. The van der Waals surface area contributed by atoms with Crippen LogP contribution in [0.4, 0.5) is 0 Å². The smallest absolute Gasteiger partial charge is 0.375 e. The number of ether oxygens (including phenoxy) is 1. The van der Waals surface area contributed by atoms with E-state index in [1.807, 2.05) is 0 Å². The molecule has 0 N–H and O–H groups in total. The predicted molar refractivity (Wildman–Crippen MR) is 108 cm³/mol. The summed E-state index contributed by atoms with van der Waals surface area (Å²) in [5.41, 5.74) is 0.856. The van der Waals surface area contributed by atoms with E-state index in [2.05, 4.69) is 0 Å². The van der Waals surface area contributed by atoms with Gasteiger partial charge in [0, 0.05) is 17.2 Å². The molecule has 0 spiro atoms. The Morgan fingerprint density at radius 2 is 1.41 bits per heavy atom. The Morgan fingerprint density at radius 1 is 0.793 bits per heavy atom. The molecule has 1 heterocycles. The SMILES string of the molecule is O=C(O[C@@H](C(=O)c1ccccc1)c1ccccc1)c1cc(=O)c2ccccc2o1. The molecular weight excluding hydrogens is 368 g/mol. The summed E-state index contributed by atoms with van der Waals surface area (Å²) in [4.78, 5) is 38.1. The number of Topliss-reactive ketones (excluding diaryl/α,β-unsaturated/α-hetero) is 1. The number of ketones is 1. The van der Waals surface area contributed by atoms with Crippen molar-refractivity contribution in [3.8, 4) is 0 Å². The summed E-state index contributed by atoms with van der Waals surface area (Å²) < 4.78 is 11.1. The first-order valence-electron chi connectivity index (χ1n) is 9.01. The second-order valence-electron chi connectivity index (χ2n) is 6.40. The molecule has 29 heavy (non-hydrogen) atoms. The van der Waals surface area contributed by atoms with Gasteiger partial charge in [0.1, 0.15) is 5.58 Å². The van der Waals surface area contributed by atoms with E-state index >= 15 is 0 Å². The number of carbonyl (C=O) groups excluding carboxylic acids is 2. The summed E-state index contributed by atoms with van der Waals surface area (Å²) in [5, 5.41) is 0.365. The highest BCUT2D eigenvalue weighted by atomic mass is 16.6. The van der Waals surface area contributed by atoms with Crippen LogP contribution in [0.3, 0.4) is 0 Å². The Balaban J connectivity index is 1.70. The molecule has 4 rings (SSSR count). The Hall–Kier alpha value is -3.99. The average molecular weight is 384 g/mol. The maximum absolute atomic E-state index is 13.0. The van der Waals surface area contributed by atoms with Crippen LogP contribution in [0, 0.1) is 0 Å². The molecule has 0 amide bonds. The van der Waals surface area contributed by atoms with Gasteiger partial charge in [0.2, 0.25) is 11.5 Å². The largest absolute Gasteiger partial charge is 0.449 e. The van der Waals surface area contributed by atoms with Crippen molar-refractivity contribution in [3.05, 3.63) is 118 Å². The number of para-hydroxylation sites is 1. The van der Waals surface area contributed by atoms with Gasteiger partial charge in [-0.05, 0) is 12.1 Å². The van der Waals surface area contributed by atoms with Gasteiger partial charge in [0.05, 0.1) is 5.39 Å². The summed E-state index contributed by atoms with van der Waals surface area (Å²) in [5.74, 6) is -1.50. The molecular formula is C24H16O5. The second-order valence-corrected chi connectivity index (χ2v) is 6.40. The van der Waals surface area contributed by atoms with Crippen molar-refractivity contribution in [2.75, 3.05) is 0 Å². The normalized spacial score (nSPS) is 11.7. The van der Waals surface area contributed by atoms with E-state index < -0.39 is 12.1 Å². The molecule has 3 aromatic carbocycles. The van der Waals surface area contributed by atoms with Crippen LogP contribution in [0.1, 0.15) is 32.6 Å². The summed E-state index contributed by atoms with van der Waals surface area (Å²) in [6, 6.07) is 25.0. The monoisotopic (exact) mass is 384 g/mol. The van der Waals surface area contributed by atoms with Crippen LogP contribution in [0.5, 0.6) is 0 Å². The quantitative estimate of drug-likeness (QED) is 0.372. The molecule has 0 saturated heterocycles. The van der Waals surface area contributed by atoms with Gasteiger partial charge >= 0.3 is 5.97 Å². The van der Waals surface area contributed by atoms with Crippen molar-refractivity contribution in [3.63, 3.8) is 0 Å². The lowest BCUT2D eigenvalue weighted by Crippen LogP contribution is -2.21. The van der Waals surface area contributed by atoms with E-state index in [4.69, 9.17) is 9.15 Å². The standard InChI is InChI=1S/C24H16O5/c25-19-15-21(28-20-14-8-7-13-18(19)20)24(27)29-23(17-11-5-2-6-12-17)22(26)16-9-3-1-4-10-16/h1-15,23H/t23-/m1/s1. The average Bonchev–Trinajstić information content (AvgIpc) is 2.78. The number of fused-ring (bicyclic) bond motifs is 1. The minimum Gasteiger partial charge on any atom is -0.449 e. The molecule has 0 bridgehead atoms. The summed E-state index contributed by atoms with van der Waals surface area (Å²) in [6.07, 6.45) is -1.16. The van der Waals surface area contributed by atoms with Crippen LogP contribution < -0.4 is 5.43 Å². The highest BCUT2D eigenvalue weighted by molar-refractivity contribution is 6.02. The third kappa shape index (κ3) is 3.84. The van der Waals surface area contributed by atoms with E-state index in [9.17, 15) is 14.4 Å². The molecule has 0 fully saturated rings. The van der Waals surface area contributed by atoms with Gasteiger partial charge < -0.3 is 9.15 Å². The zero-order chi connectivity index (χ0) is 20.2. The van der Waals surface area contributed by atoms with Gasteiger partial charge in [-0.25, -0.2) is 4.79 Å². The lowest BCUT2D eigenvalue weighted by molar-refractivity contribution is 0.0251. The van der Waals surface area contributed by atoms with Crippen LogP contribution in [0.25, 0.3) is 11.0 Å². The Labute approximate surface area is 166 Å². The number of esters is 1. The number of rotatable bonds is 5. The molecule has 4 aromatic rings. The summed E-state index contributed by atoms with van der Waals surface area (Å²) >= 11 is 0. The van der Waals surface area contributed by atoms with Gasteiger partial charge in [-0.2, -0.15) is 0 Å². The van der Waals surface area contributed by atoms with E-state index in [1.165, 1.54) is 0 Å². The van der Waals surface area contributed by atoms with Crippen molar-refractivity contribution in [1.82, 2.24) is 0 Å². The molecule has 0 saturated carbocycles. The highest BCUT2D eigenvalue weighted by Gasteiger charge is 2.28. The van der Waals surface area contributed by atoms with E-state index in [1.54, 1.807) is 84.9 Å². The zero-order valence-electron chi connectivity index (χ0n) is 15.3. The molecule has 1 atom stereocenters. The lowest BCUT2D eigenvalue weighted by atomic mass is 10.00. The van der Waals surface area contributed by atoms with Gasteiger partial charge in [-0.1, -0.05) is 72.8 Å². The van der Waals surface area contributed by atoms with E-state index in [0.29, 0.717) is 16.5 Å².